The van der Waals surface area contributed by atoms with Crippen molar-refractivity contribution in [1.29, 1.82) is 0 Å². The van der Waals surface area contributed by atoms with E-state index in [2.05, 4.69) is 0 Å². The van der Waals surface area contributed by atoms with Crippen LogP contribution in [0.5, 0.6) is 0 Å². The Morgan fingerprint density at radius 1 is 1.11 bits per heavy atom. The van der Waals surface area contributed by atoms with Gasteiger partial charge in [-0.25, -0.2) is 0 Å². The minimum Gasteiger partial charge on any atom is -0.300 e. The molecule has 0 spiro atoms. The minimum atomic E-state index is 0.460. The number of carbonyl (C=O) groups is 1. The summed E-state index contributed by atoms with van der Waals surface area (Å²) >= 11 is 1.91. The average Bonchev–Trinajstić information content (AvgIpc) is 1.79. The summed E-state index contributed by atoms with van der Waals surface area (Å²) in [6.07, 6.45) is 3.99. The van der Waals surface area contributed by atoms with Crippen molar-refractivity contribution in [1.82, 2.24) is 0 Å². The standard InChI is InChI=1S/C7H12OS/c8-7-3-1-2-5-9-6-4-7/h1-6H2. The van der Waals surface area contributed by atoms with Gasteiger partial charge in [0.1, 0.15) is 5.78 Å². The van der Waals surface area contributed by atoms with Gasteiger partial charge in [0.15, 0.2) is 0 Å². The first kappa shape index (κ1) is 7.13. The lowest BCUT2D eigenvalue weighted by Gasteiger charge is -2.05. The fraction of sp³-hybridized carbons (Fsp3) is 0.857. The van der Waals surface area contributed by atoms with Gasteiger partial charge >= 0.3 is 0 Å². The number of thioether (sulfide) groups is 1. The minimum absolute atomic E-state index is 0.460. The van der Waals surface area contributed by atoms with E-state index in [0.717, 1.165) is 25.0 Å². The third kappa shape index (κ3) is 2.89. The van der Waals surface area contributed by atoms with Crippen LogP contribution in [0.4, 0.5) is 0 Å². The topological polar surface area (TPSA) is 17.1 Å². The third-order valence-electron chi connectivity index (χ3n) is 1.52. The zero-order chi connectivity index (χ0) is 6.53. The molecule has 9 heavy (non-hydrogen) atoms. The second-order valence-electron chi connectivity index (χ2n) is 2.36. The molecule has 0 aromatic carbocycles. The van der Waals surface area contributed by atoms with Crippen LogP contribution in [0.3, 0.4) is 0 Å². The van der Waals surface area contributed by atoms with Crippen LogP contribution in [0.25, 0.3) is 0 Å². The van der Waals surface area contributed by atoms with Gasteiger partial charge in [-0.05, 0) is 18.6 Å². The fourth-order valence-electron chi connectivity index (χ4n) is 0.939. The van der Waals surface area contributed by atoms with Gasteiger partial charge in [0, 0.05) is 18.6 Å². The first-order valence-corrected chi connectivity index (χ1v) is 4.64. The quantitative estimate of drug-likeness (QED) is 0.516. The van der Waals surface area contributed by atoms with Crippen LogP contribution in [-0.4, -0.2) is 17.3 Å². The van der Waals surface area contributed by atoms with Crippen LogP contribution in [-0.2, 0) is 4.79 Å². The van der Waals surface area contributed by atoms with E-state index in [4.69, 9.17) is 0 Å². The van der Waals surface area contributed by atoms with Crippen LogP contribution in [0.2, 0.25) is 0 Å². The molecule has 0 unspecified atom stereocenters. The maximum atomic E-state index is 10.8. The molecule has 0 atom stereocenters. The summed E-state index contributed by atoms with van der Waals surface area (Å²) < 4.78 is 0. The van der Waals surface area contributed by atoms with Gasteiger partial charge in [-0.1, -0.05) is 0 Å². The molecule has 2 heteroatoms. The predicted molar refractivity (Wildman–Crippen MR) is 40.8 cm³/mol. The van der Waals surface area contributed by atoms with Gasteiger partial charge in [-0.2, -0.15) is 11.8 Å². The van der Waals surface area contributed by atoms with Gasteiger partial charge in [0.05, 0.1) is 0 Å². The Labute approximate surface area is 60.2 Å². The van der Waals surface area contributed by atoms with Crippen molar-refractivity contribution in [3.8, 4) is 0 Å². The van der Waals surface area contributed by atoms with E-state index >= 15 is 0 Å². The van der Waals surface area contributed by atoms with E-state index in [9.17, 15) is 4.79 Å². The van der Waals surface area contributed by atoms with Gasteiger partial charge in [-0.3, -0.25) is 4.79 Å². The molecule has 0 bridgehead atoms. The third-order valence-corrected chi connectivity index (χ3v) is 2.59. The van der Waals surface area contributed by atoms with E-state index < -0.39 is 0 Å². The summed E-state index contributed by atoms with van der Waals surface area (Å²) in [5.41, 5.74) is 0. The number of rotatable bonds is 0. The Bertz CT molecular complexity index is 91.1. The van der Waals surface area contributed by atoms with Gasteiger partial charge < -0.3 is 0 Å². The Balaban J connectivity index is 2.20. The van der Waals surface area contributed by atoms with E-state index in [0.29, 0.717) is 5.78 Å². The smallest absolute Gasteiger partial charge is 0.133 e. The fourth-order valence-corrected chi connectivity index (χ4v) is 1.92. The molecular formula is C7H12OS. The lowest BCUT2D eigenvalue weighted by Crippen LogP contribution is -2.03. The Kier molecular flexibility index (Phi) is 3.12. The maximum absolute atomic E-state index is 10.8. The van der Waals surface area contributed by atoms with Crippen molar-refractivity contribution < 1.29 is 4.79 Å². The largest absolute Gasteiger partial charge is 0.300 e. The predicted octanol–water partition coefficient (Wildman–Crippen LogP) is 1.86. The molecule has 1 aliphatic heterocycles. The maximum Gasteiger partial charge on any atom is 0.133 e. The first-order valence-electron chi connectivity index (χ1n) is 3.49. The number of ketones is 1. The molecule has 1 fully saturated rings. The van der Waals surface area contributed by atoms with Crippen LogP contribution >= 0.6 is 11.8 Å². The summed E-state index contributed by atoms with van der Waals surface area (Å²) in [6.45, 7) is 0. The molecule has 1 nitrogen and oxygen atoms in total. The Morgan fingerprint density at radius 3 is 2.89 bits per heavy atom. The van der Waals surface area contributed by atoms with Crippen molar-refractivity contribution in [2.45, 2.75) is 25.7 Å². The molecule has 0 radical (unpaired) electrons. The highest BCUT2D eigenvalue weighted by Crippen LogP contribution is 2.13. The molecule has 1 rings (SSSR count). The van der Waals surface area contributed by atoms with Crippen LogP contribution in [0, 0.1) is 0 Å². The summed E-state index contributed by atoms with van der Waals surface area (Å²) in [7, 11) is 0. The Hall–Kier alpha value is 0.0200. The highest BCUT2D eigenvalue weighted by atomic mass is 32.2. The number of carbonyl (C=O) groups excluding carboxylic acids is 1. The summed E-state index contributed by atoms with van der Waals surface area (Å²) in [5, 5.41) is 0. The van der Waals surface area contributed by atoms with Crippen molar-refractivity contribution in [2.24, 2.45) is 0 Å². The van der Waals surface area contributed by atoms with E-state index in [1.54, 1.807) is 0 Å². The molecule has 0 saturated carbocycles. The Morgan fingerprint density at radius 2 is 2.00 bits per heavy atom. The SMILES string of the molecule is O=C1CCCCSCC1. The summed E-state index contributed by atoms with van der Waals surface area (Å²) in [5.74, 6) is 2.77. The molecule has 0 aliphatic carbocycles. The number of hydrogen-bond acceptors (Lipinski definition) is 2. The van der Waals surface area contributed by atoms with Gasteiger partial charge in [0.25, 0.3) is 0 Å². The zero-order valence-electron chi connectivity index (χ0n) is 5.56. The monoisotopic (exact) mass is 144 g/mol. The lowest BCUT2D eigenvalue weighted by molar-refractivity contribution is -0.118. The van der Waals surface area contributed by atoms with Crippen LogP contribution in [0.1, 0.15) is 25.7 Å². The van der Waals surface area contributed by atoms with Crippen molar-refractivity contribution in [3.63, 3.8) is 0 Å². The molecule has 0 amide bonds. The van der Waals surface area contributed by atoms with Crippen molar-refractivity contribution >= 4 is 17.5 Å². The summed E-state index contributed by atoms with van der Waals surface area (Å²) in [6, 6.07) is 0. The normalized spacial score (nSPS) is 22.9. The second-order valence-corrected chi connectivity index (χ2v) is 3.58. The van der Waals surface area contributed by atoms with Crippen molar-refractivity contribution in [3.05, 3.63) is 0 Å². The molecular weight excluding hydrogens is 132 g/mol. The number of hydrogen-bond donors (Lipinski definition) is 0. The molecule has 52 valence electrons. The average molecular weight is 144 g/mol. The second kappa shape index (κ2) is 3.94. The highest BCUT2D eigenvalue weighted by Gasteiger charge is 2.04. The summed E-state index contributed by atoms with van der Waals surface area (Å²) in [4.78, 5) is 10.8. The molecule has 1 saturated heterocycles. The van der Waals surface area contributed by atoms with E-state index in [1.807, 2.05) is 11.8 Å². The zero-order valence-corrected chi connectivity index (χ0v) is 6.38. The molecule has 0 N–H and O–H groups in total. The molecule has 0 aromatic heterocycles. The van der Waals surface area contributed by atoms with Crippen molar-refractivity contribution in [2.75, 3.05) is 11.5 Å². The van der Waals surface area contributed by atoms with Crippen LogP contribution < -0.4 is 0 Å². The van der Waals surface area contributed by atoms with Crippen LogP contribution in [0.15, 0.2) is 0 Å². The molecule has 0 aromatic rings. The highest BCUT2D eigenvalue weighted by molar-refractivity contribution is 7.99. The van der Waals surface area contributed by atoms with Gasteiger partial charge in [0.2, 0.25) is 0 Å². The lowest BCUT2D eigenvalue weighted by atomic mass is 10.1. The van der Waals surface area contributed by atoms with E-state index in [1.165, 1.54) is 12.2 Å². The van der Waals surface area contributed by atoms with Gasteiger partial charge in [-0.15, -0.1) is 0 Å². The van der Waals surface area contributed by atoms with E-state index in [-0.39, 0.29) is 0 Å². The molecule has 1 aliphatic rings. The molecule has 1 heterocycles. The first-order chi connectivity index (χ1) is 4.39. The number of Topliss-reactive ketones (excluding diaryl/α,β-unsaturated/α-hetero) is 1.